The molecular formula is C18H21N7O2. The largest absolute Gasteiger partial charge is 0.436 e. The third-order valence-electron chi connectivity index (χ3n) is 4.38. The number of rotatable bonds is 4. The van der Waals surface area contributed by atoms with Crippen molar-refractivity contribution in [1.29, 1.82) is 0 Å². The number of anilines is 2. The first kappa shape index (κ1) is 17.0. The number of ether oxygens (including phenoxy) is 1. The standard InChI is InChI=1S/C18H19N7O2.H2/c1-12-6-13(18(2)10-24(3)17(26)27-18)8-14(7-12)22-16-21-11-25(23-16)15-9-19-4-5-20-15;/h4-9,11H,10H2,1-3H3,(H,22,23);1H. The Kier molecular flexibility index (Phi) is 3.98. The van der Waals surface area contributed by atoms with Gasteiger partial charge in [-0.05, 0) is 37.1 Å². The summed E-state index contributed by atoms with van der Waals surface area (Å²) >= 11 is 0. The first-order valence-electron chi connectivity index (χ1n) is 8.44. The van der Waals surface area contributed by atoms with E-state index in [1.807, 2.05) is 32.0 Å². The van der Waals surface area contributed by atoms with Crippen LogP contribution in [0, 0.1) is 6.92 Å². The number of nitrogens with one attached hydrogen (secondary N) is 1. The van der Waals surface area contributed by atoms with Crippen molar-refractivity contribution >= 4 is 17.7 Å². The molecule has 3 heterocycles. The molecule has 1 aliphatic heterocycles. The van der Waals surface area contributed by atoms with Crippen LogP contribution in [0.4, 0.5) is 16.4 Å². The maximum absolute atomic E-state index is 11.8. The molecule has 1 amide bonds. The van der Waals surface area contributed by atoms with E-state index in [-0.39, 0.29) is 7.52 Å². The van der Waals surface area contributed by atoms with Crippen molar-refractivity contribution in [2.45, 2.75) is 19.4 Å². The number of carbonyl (C=O) groups excluding carboxylic acids is 1. The quantitative estimate of drug-likeness (QED) is 0.757. The number of amides is 1. The van der Waals surface area contributed by atoms with Crippen molar-refractivity contribution in [2.75, 3.05) is 18.9 Å². The summed E-state index contributed by atoms with van der Waals surface area (Å²) in [7, 11) is 1.73. The van der Waals surface area contributed by atoms with Crippen molar-refractivity contribution in [1.82, 2.24) is 29.6 Å². The van der Waals surface area contributed by atoms with Gasteiger partial charge in [-0.3, -0.25) is 4.98 Å². The van der Waals surface area contributed by atoms with E-state index >= 15 is 0 Å². The highest BCUT2D eigenvalue weighted by atomic mass is 16.6. The fraction of sp³-hybridized carbons (Fsp3) is 0.278. The van der Waals surface area contributed by atoms with Gasteiger partial charge < -0.3 is 15.0 Å². The summed E-state index contributed by atoms with van der Waals surface area (Å²) in [6, 6.07) is 5.95. The maximum Gasteiger partial charge on any atom is 0.410 e. The second-order valence-electron chi connectivity index (χ2n) is 6.74. The van der Waals surface area contributed by atoms with Crippen molar-refractivity contribution in [3.63, 3.8) is 0 Å². The van der Waals surface area contributed by atoms with Crippen LogP contribution < -0.4 is 5.32 Å². The lowest BCUT2D eigenvalue weighted by atomic mass is 9.94. The molecule has 9 nitrogen and oxygen atoms in total. The van der Waals surface area contributed by atoms with Gasteiger partial charge in [-0.15, -0.1) is 5.10 Å². The van der Waals surface area contributed by atoms with Crippen LogP contribution >= 0.6 is 0 Å². The van der Waals surface area contributed by atoms with Crippen LogP contribution in [0.3, 0.4) is 0 Å². The Morgan fingerprint density at radius 1 is 1.26 bits per heavy atom. The van der Waals surface area contributed by atoms with Gasteiger partial charge in [-0.2, -0.15) is 9.67 Å². The normalized spacial score (nSPS) is 19.2. The second kappa shape index (κ2) is 6.35. The lowest BCUT2D eigenvalue weighted by Crippen LogP contribution is -2.27. The first-order chi connectivity index (χ1) is 12.9. The number of nitrogens with zero attached hydrogens (tertiary/aromatic N) is 6. The summed E-state index contributed by atoms with van der Waals surface area (Å²) in [6.07, 6.45) is 6.05. The van der Waals surface area contributed by atoms with Crippen LogP contribution in [0.2, 0.25) is 0 Å². The average molecular weight is 367 g/mol. The lowest BCUT2D eigenvalue weighted by molar-refractivity contribution is 0.0701. The summed E-state index contributed by atoms with van der Waals surface area (Å²) in [5.74, 6) is 1.01. The highest BCUT2D eigenvalue weighted by Crippen LogP contribution is 2.34. The number of cyclic esters (lactones) is 1. The van der Waals surface area contributed by atoms with Crippen molar-refractivity contribution in [3.8, 4) is 5.82 Å². The SMILES string of the molecule is Cc1cc(Nc2ncn(-c3cnccn3)n2)cc(C2(C)CN(C)C(=O)O2)c1.[HH]. The zero-order valence-corrected chi connectivity index (χ0v) is 15.2. The van der Waals surface area contributed by atoms with Crippen molar-refractivity contribution < 1.29 is 11.0 Å². The molecule has 4 rings (SSSR count). The molecule has 0 saturated carbocycles. The van der Waals surface area contributed by atoms with Gasteiger partial charge in [0.1, 0.15) is 6.33 Å². The van der Waals surface area contributed by atoms with E-state index < -0.39 is 5.60 Å². The molecule has 0 radical (unpaired) electrons. The topological polar surface area (TPSA) is 98.1 Å². The van der Waals surface area contributed by atoms with Gasteiger partial charge in [0.25, 0.3) is 0 Å². The van der Waals surface area contributed by atoms with Crippen molar-refractivity contribution in [2.24, 2.45) is 0 Å². The zero-order valence-electron chi connectivity index (χ0n) is 15.2. The molecule has 0 spiro atoms. The van der Waals surface area contributed by atoms with E-state index in [1.54, 1.807) is 41.5 Å². The predicted octanol–water partition coefficient (Wildman–Crippen LogP) is 2.65. The van der Waals surface area contributed by atoms with E-state index in [1.165, 1.54) is 0 Å². The number of carbonyl (C=O) groups is 1. The molecule has 140 valence electrons. The Morgan fingerprint density at radius 3 is 2.81 bits per heavy atom. The second-order valence-corrected chi connectivity index (χ2v) is 6.74. The average Bonchev–Trinajstić information content (AvgIpc) is 3.20. The monoisotopic (exact) mass is 367 g/mol. The molecular weight excluding hydrogens is 346 g/mol. The Bertz CT molecular complexity index is 995. The molecule has 1 fully saturated rings. The third kappa shape index (κ3) is 3.31. The molecule has 0 aliphatic carbocycles. The molecule has 3 aromatic rings. The smallest absolute Gasteiger partial charge is 0.410 e. The molecule has 1 saturated heterocycles. The van der Waals surface area contributed by atoms with Crippen LogP contribution in [-0.2, 0) is 10.3 Å². The summed E-state index contributed by atoms with van der Waals surface area (Å²) < 4.78 is 7.12. The molecule has 2 aromatic heterocycles. The Morgan fingerprint density at radius 2 is 2.11 bits per heavy atom. The van der Waals surface area contributed by atoms with Crippen LogP contribution in [0.15, 0.2) is 43.1 Å². The maximum atomic E-state index is 11.8. The van der Waals surface area contributed by atoms with E-state index in [9.17, 15) is 4.79 Å². The van der Waals surface area contributed by atoms with E-state index in [2.05, 4.69) is 25.4 Å². The molecule has 1 aliphatic rings. The Labute approximate surface area is 157 Å². The van der Waals surface area contributed by atoms with Gasteiger partial charge in [0.15, 0.2) is 11.4 Å². The number of benzene rings is 1. The molecule has 1 N–H and O–H groups in total. The molecule has 0 bridgehead atoms. The summed E-state index contributed by atoms with van der Waals surface area (Å²) in [5, 5.41) is 7.57. The van der Waals surface area contributed by atoms with Crippen LogP contribution in [-0.4, -0.2) is 49.3 Å². The highest BCUT2D eigenvalue weighted by molar-refractivity contribution is 5.71. The number of aryl methyl sites for hydroxylation is 1. The van der Waals surface area contributed by atoms with E-state index in [0.29, 0.717) is 18.3 Å². The molecule has 9 heteroatoms. The summed E-state index contributed by atoms with van der Waals surface area (Å²) in [4.78, 5) is 25.9. The minimum absolute atomic E-state index is 0. The van der Waals surface area contributed by atoms with Gasteiger partial charge in [-0.25, -0.2) is 9.78 Å². The number of likely N-dealkylation sites (N-methyl/N-ethyl adjacent to an activating group) is 1. The zero-order chi connectivity index (χ0) is 19.0. The summed E-state index contributed by atoms with van der Waals surface area (Å²) in [6.45, 7) is 4.40. The number of aromatic nitrogens is 5. The van der Waals surface area contributed by atoms with Gasteiger partial charge in [0.05, 0.1) is 12.7 Å². The van der Waals surface area contributed by atoms with Gasteiger partial charge in [-0.1, -0.05) is 6.07 Å². The fourth-order valence-corrected chi connectivity index (χ4v) is 3.10. The molecule has 1 atom stereocenters. The van der Waals surface area contributed by atoms with Gasteiger partial charge in [0, 0.05) is 26.6 Å². The minimum atomic E-state index is -0.694. The number of hydrogen-bond donors (Lipinski definition) is 1. The predicted molar refractivity (Wildman–Crippen MR) is 100.0 cm³/mol. The van der Waals surface area contributed by atoms with E-state index in [4.69, 9.17) is 4.74 Å². The van der Waals surface area contributed by atoms with Crippen LogP contribution in [0.5, 0.6) is 0 Å². The molecule has 27 heavy (non-hydrogen) atoms. The minimum Gasteiger partial charge on any atom is -0.436 e. The highest BCUT2D eigenvalue weighted by Gasteiger charge is 2.41. The Hall–Kier alpha value is -3.49. The van der Waals surface area contributed by atoms with Crippen molar-refractivity contribution in [3.05, 3.63) is 54.2 Å². The lowest BCUT2D eigenvalue weighted by Gasteiger charge is -2.23. The van der Waals surface area contributed by atoms with Gasteiger partial charge in [0.2, 0.25) is 5.95 Å². The van der Waals surface area contributed by atoms with Crippen LogP contribution in [0.25, 0.3) is 5.82 Å². The summed E-state index contributed by atoms with van der Waals surface area (Å²) in [5.41, 5.74) is 2.07. The van der Waals surface area contributed by atoms with Crippen LogP contribution in [0.1, 0.15) is 19.5 Å². The third-order valence-corrected chi connectivity index (χ3v) is 4.38. The molecule has 1 unspecified atom stereocenters. The molecule has 1 aromatic carbocycles. The first-order valence-corrected chi connectivity index (χ1v) is 8.44. The fourth-order valence-electron chi connectivity index (χ4n) is 3.10. The van der Waals surface area contributed by atoms with Gasteiger partial charge >= 0.3 is 6.09 Å². The Balaban J connectivity index is 0.00000225. The number of hydrogen-bond acceptors (Lipinski definition) is 7. The van der Waals surface area contributed by atoms with E-state index in [0.717, 1.165) is 16.8 Å².